The van der Waals surface area contributed by atoms with Crippen LogP contribution in [0.2, 0.25) is 0 Å². The van der Waals surface area contributed by atoms with E-state index in [4.69, 9.17) is 0 Å². The van der Waals surface area contributed by atoms with Gasteiger partial charge in [0.05, 0.1) is 23.2 Å². The number of para-hydroxylation sites is 1. The topological polar surface area (TPSA) is 117 Å². The zero-order valence-electron chi connectivity index (χ0n) is 17.0. The summed E-state index contributed by atoms with van der Waals surface area (Å²) in [6.07, 6.45) is 4.35. The first-order valence-electron chi connectivity index (χ1n) is 9.39. The summed E-state index contributed by atoms with van der Waals surface area (Å²) in [5, 5.41) is 5.56. The molecule has 0 unspecified atom stereocenters. The fourth-order valence-electron chi connectivity index (χ4n) is 2.95. The number of nitrogens with one attached hydrogen (secondary N) is 3. The van der Waals surface area contributed by atoms with Crippen molar-refractivity contribution in [3.05, 3.63) is 89.2 Å². The Morgan fingerprint density at radius 2 is 1.61 bits per heavy atom. The van der Waals surface area contributed by atoms with Crippen molar-refractivity contribution in [2.45, 2.75) is 13.5 Å². The quantitative estimate of drug-likeness (QED) is 0.524. The van der Waals surface area contributed by atoms with Gasteiger partial charge in [-0.3, -0.25) is 19.3 Å². The summed E-state index contributed by atoms with van der Waals surface area (Å²) in [4.78, 5) is 29.6. The normalized spacial score (nSPS) is 10.9. The second-order valence-corrected chi connectivity index (χ2v) is 8.64. The highest BCUT2D eigenvalue weighted by molar-refractivity contribution is 7.92. The van der Waals surface area contributed by atoms with Crippen molar-refractivity contribution in [2.75, 3.05) is 16.3 Å². The van der Waals surface area contributed by atoms with Crippen LogP contribution in [-0.4, -0.2) is 31.5 Å². The Morgan fingerprint density at radius 1 is 0.903 bits per heavy atom. The van der Waals surface area contributed by atoms with E-state index in [1.807, 2.05) is 6.07 Å². The van der Waals surface area contributed by atoms with E-state index in [0.29, 0.717) is 34.6 Å². The predicted molar refractivity (Wildman–Crippen MR) is 119 cm³/mol. The lowest BCUT2D eigenvalue weighted by Gasteiger charge is -2.14. The SMILES string of the molecule is Cc1c(NS(C)(=O)=O)cccc1C(=O)Nc1ccccc1C(=O)NCc1cccnc1. The number of nitrogens with zero attached hydrogens (tertiary/aromatic N) is 1. The molecule has 0 bridgehead atoms. The van der Waals surface area contributed by atoms with Crippen molar-refractivity contribution in [3.8, 4) is 0 Å². The highest BCUT2D eigenvalue weighted by Crippen LogP contribution is 2.22. The van der Waals surface area contributed by atoms with Gasteiger partial charge in [0.2, 0.25) is 10.0 Å². The highest BCUT2D eigenvalue weighted by Gasteiger charge is 2.17. The van der Waals surface area contributed by atoms with E-state index in [0.717, 1.165) is 11.8 Å². The fraction of sp³-hybridized carbons (Fsp3) is 0.136. The zero-order valence-corrected chi connectivity index (χ0v) is 17.9. The summed E-state index contributed by atoms with van der Waals surface area (Å²) in [6.45, 7) is 1.95. The molecule has 160 valence electrons. The van der Waals surface area contributed by atoms with Crippen molar-refractivity contribution >= 4 is 33.2 Å². The number of benzene rings is 2. The molecule has 0 spiro atoms. The molecule has 0 aliphatic rings. The second-order valence-electron chi connectivity index (χ2n) is 6.90. The van der Waals surface area contributed by atoms with Crippen molar-refractivity contribution in [1.29, 1.82) is 0 Å². The lowest BCUT2D eigenvalue weighted by molar-refractivity contribution is 0.0951. The molecule has 0 aliphatic heterocycles. The van der Waals surface area contributed by atoms with Crippen LogP contribution in [0.25, 0.3) is 0 Å². The van der Waals surface area contributed by atoms with Crippen LogP contribution in [-0.2, 0) is 16.6 Å². The van der Waals surface area contributed by atoms with E-state index >= 15 is 0 Å². The van der Waals surface area contributed by atoms with Gasteiger partial charge >= 0.3 is 0 Å². The molecule has 31 heavy (non-hydrogen) atoms. The van der Waals surface area contributed by atoms with Crippen LogP contribution < -0.4 is 15.4 Å². The molecule has 9 heteroatoms. The lowest BCUT2D eigenvalue weighted by Crippen LogP contribution is -2.25. The van der Waals surface area contributed by atoms with Crippen LogP contribution in [0.5, 0.6) is 0 Å². The van der Waals surface area contributed by atoms with Crippen LogP contribution in [0, 0.1) is 6.92 Å². The minimum Gasteiger partial charge on any atom is -0.348 e. The van der Waals surface area contributed by atoms with Crippen LogP contribution in [0.4, 0.5) is 11.4 Å². The predicted octanol–water partition coefficient (Wildman–Crippen LogP) is 2.94. The molecule has 0 radical (unpaired) electrons. The average molecular weight is 439 g/mol. The number of rotatable bonds is 7. The molecular formula is C22H22N4O4S. The monoisotopic (exact) mass is 438 g/mol. The third-order valence-electron chi connectivity index (χ3n) is 4.47. The summed E-state index contributed by atoms with van der Waals surface area (Å²) in [5.41, 5.74) is 2.59. The molecule has 3 N–H and O–H groups in total. The van der Waals surface area contributed by atoms with E-state index < -0.39 is 15.9 Å². The van der Waals surface area contributed by atoms with Crippen LogP contribution in [0.15, 0.2) is 67.0 Å². The second kappa shape index (κ2) is 9.40. The number of hydrogen-bond donors (Lipinski definition) is 3. The molecule has 0 atom stereocenters. The molecule has 3 aromatic rings. The van der Waals surface area contributed by atoms with E-state index in [9.17, 15) is 18.0 Å². The van der Waals surface area contributed by atoms with Gasteiger partial charge in [-0.05, 0) is 48.4 Å². The summed E-state index contributed by atoms with van der Waals surface area (Å²) in [7, 11) is -3.49. The Morgan fingerprint density at radius 3 is 2.32 bits per heavy atom. The molecule has 1 heterocycles. The van der Waals surface area contributed by atoms with Crippen LogP contribution in [0.3, 0.4) is 0 Å². The number of pyridine rings is 1. The smallest absolute Gasteiger partial charge is 0.256 e. The highest BCUT2D eigenvalue weighted by atomic mass is 32.2. The van der Waals surface area contributed by atoms with Crippen molar-refractivity contribution < 1.29 is 18.0 Å². The maximum absolute atomic E-state index is 12.9. The van der Waals surface area contributed by atoms with Gasteiger partial charge in [0.15, 0.2) is 0 Å². The van der Waals surface area contributed by atoms with Gasteiger partial charge in [-0.25, -0.2) is 8.42 Å². The van der Waals surface area contributed by atoms with Gasteiger partial charge in [-0.2, -0.15) is 0 Å². The molecule has 2 amide bonds. The molecule has 8 nitrogen and oxygen atoms in total. The molecule has 0 saturated carbocycles. The first kappa shape index (κ1) is 22.0. The molecule has 0 aliphatic carbocycles. The molecule has 3 rings (SSSR count). The molecule has 2 aromatic carbocycles. The van der Waals surface area contributed by atoms with Gasteiger partial charge in [-0.15, -0.1) is 0 Å². The number of hydrogen-bond acceptors (Lipinski definition) is 5. The number of aromatic nitrogens is 1. The van der Waals surface area contributed by atoms with E-state index in [1.54, 1.807) is 67.8 Å². The third-order valence-corrected chi connectivity index (χ3v) is 5.06. The molecule has 0 saturated heterocycles. The molecule has 0 fully saturated rings. The first-order valence-corrected chi connectivity index (χ1v) is 11.3. The van der Waals surface area contributed by atoms with Crippen molar-refractivity contribution in [3.63, 3.8) is 0 Å². The molecule has 1 aromatic heterocycles. The average Bonchev–Trinajstić information content (AvgIpc) is 2.73. The fourth-order valence-corrected chi connectivity index (χ4v) is 3.57. The Balaban J connectivity index is 1.78. The van der Waals surface area contributed by atoms with Crippen molar-refractivity contribution in [2.24, 2.45) is 0 Å². The van der Waals surface area contributed by atoms with Crippen molar-refractivity contribution in [1.82, 2.24) is 10.3 Å². The summed E-state index contributed by atoms with van der Waals surface area (Å²) in [6, 6.07) is 15.0. The Bertz CT molecular complexity index is 1210. The summed E-state index contributed by atoms with van der Waals surface area (Å²) < 4.78 is 25.5. The lowest BCUT2D eigenvalue weighted by atomic mass is 10.1. The number of sulfonamides is 1. The Hall–Kier alpha value is -3.72. The Labute approximate surface area is 180 Å². The van der Waals surface area contributed by atoms with Crippen LogP contribution >= 0.6 is 0 Å². The van der Waals surface area contributed by atoms with Crippen LogP contribution in [0.1, 0.15) is 31.8 Å². The van der Waals surface area contributed by atoms with E-state index in [-0.39, 0.29) is 5.91 Å². The number of anilines is 2. The standard InChI is InChI=1S/C22H22N4O4S/c1-15-17(9-5-11-19(15)26-31(2,29)30)22(28)25-20-10-4-3-8-18(20)21(27)24-14-16-7-6-12-23-13-16/h3-13,26H,14H2,1-2H3,(H,24,27)(H,25,28). The number of carbonyl (C=O) groups excluding carboxylic acids is 2. The van der Waals surface area contributed by atoms with Gasteiger partial charge in [0, 0.05) is 24.5 Å². The van der Waals surface area contributed by atoms with Gasteiger partial charge < -0.3 is 10.6 Å². The van der Waals surface area contributed by atoms with Gasteiger partial charge in [0.1, 0.15) is 0 Å². The third kappa shape index (κ3) is 5.89. The largest absolute Gasteiger partial charge is 0.348 e. The first-order chi connectivity index (χ1) is 14.7. The molecular weight excluding hydrogens is 416 g/mol. The van der Waals surface area contributed by atoms with Gasteiger partial charge in [-0.1, -0.05) is 24.3 Å². The zero-order chi connectivity index (χ0) is 22.4. The number of carbonyl (C=O) groups is 2. The van der Waals surface area contributed by atoms with E-state index in [1.165, 1.54) is 0 Å². The maximum Gasteiger partial charge on any atom is 0.256 e. The minimum absolute atomic E-state index is 0.291. The summed E-state index contributed by atoms with van der Waals surface area (Å²) in [5.74, 6) is -0.800. The Kier molecular flexibility index (Phi) is 6.66. The van der Waals surface area contributed by atoms with E-state index in [2.05, 4.69) is 20.3 Å². The summed E-state index contributed by atoms with van der Waals surface area (Å²) >= 11 is 0. The number of amides is 2. The minimum atomic E-state index is -3.49. The maximum atomic E-state index is 12.9. The van der Waals surface area contributed by atoms with Gasteiger partial charge in [0.25, 0.3) is 11.8 Å².